The van der Waals surface area contributed by atoms with Gasteiger partial charge in [-0.3, -0.25) is 0 Å². The zero-order valence-electron chi connectivity index (χ0n) is 11.8. The predicted octanol–water partition coefficient (Wildman–Crippen LogP) is 2.43. The van der Waals surface area contributed by atoms with Crippen LogP contribution in [0.15, 0.2) is 30.3 Å². The van der Waals surface area contributed by atoms with Gasteiger partial charge in [-0.1, -0.05) is 29.8 Å². The van der Waals surface area contributed by atoms with E-state index in [1.807, 2.05) is 37.1 Å². The van der Waals surface area contributed by atoms with Gasteiger partial charge in [-0.05, 0) is 25.5 Å². The van der Waals surface area contributed by atoms with Gasteiger partial charge in [0.25, 0.3) is 0 Å². The number of rotatable bonds is 4. The van der Waals surface area contributed by atoms with Gasteiger partial charge in [-0.2, -0.15) is 0 Å². The maximum atomic E-state index is 11.0. The van der Waals surface area contributed by atoms with Gasteiger partial charge in [0.2, 0.25) is 5.95 Å². The minimum absolute atomic E-state index is 0.0172. The molecule has 104 valence electrons. The molecule has 2 aromatic rings. The third-order valence-electron chi connectivity index (χ3n) is 2.91. The zero-order chi connectivity index (χ0) is 14.7. The predicted molar refractivity (Wildman–Crippen MR) is 77.0 cm³/mol. The zero-order valence-corrected chi connectivity index (χ0v) is 11.8. The molecule has 2 rings (SSSR count). The highest BCUT2D eigenvalue weighted by Crippen LogP contribution is 2.13. The highest BCUT2D eigenvalue weighted by atomic mass is 16.4. The van der Waals surface area contributed by atoms with Gasteiger partial charge in [0, 0.05) is 19.3 Å². The first-order valence-electron chi connectivity index (χ1n) is 6.31. The summed E-state index contributed by atoms with van der Waals surface area (Å²) in [4.78, 5) is 21.2. The van der Waals surface area contributed by atoms with E-state index < -0.39 is 5.97 Å². The average Bonchev–Trinajstić information content (AvgIpc) is 2.37. The summed E-state index contributed by atoms with van der Waals surface area (Å²) in [6, 6.07) is 9.61. The molecule has 5 nitrogen and oxygen atoms in total. The maximum Gasteiger partial charge on any atom is 0.354 e. The van der Waals surface area contributed by atoms with Crippen molar-refractivity contribution >= 4 is 11.9 Å². The molecule has 1 N–H and O–H groups in total. The Morgan fingerprint density at radius 1 is 1.25 bits per heavy atom. The van der Waals surface area contributed by atoms with Crippen molar-refractivity contribution in [3.8, 4) is 0 Å². The molecule has 0 saturated heterocycles. The SMILES string of the molecule is Cc1cccc(CN(C)c2nc(C)cc(C(=O)O)n2)c1. The molecule has 5 heteroatoms. The molecule has 0 saturated carbocycles. The average molecular weight is 271 g/mol. The van der Waals surface area contributed by atoms with E-state index in [9.17, 15) is 4.79 Å². The van der Waals surface area contributed by atoms with Gasteiger partial charge in [0.05, 0.1) is 0 Å². The Bertz CT molecular complexity index is 641. The molecule has 0 aliphatic rings. The molecule has 0 amide bonds. The van der Waals surface area contributed by atoms with Gasteiger partial charge in [0.15, 0.2) is 5.69 Å². The molecule has 20 heavy (non-hydrogen) atoms. The summed E-state index contributed by atoms with van der Waals surface area (Å²) in [5, 5.41) is 9.03. The van der Waals surface area contributed by atoms with E-state index in [2.05, 4.69) is 16.0 Å². The molecule has 0 radical (unpaired) electrons. The summed E-state index contributed by atoms with van der Waals surface area (Å²) >= 11 is 0. The lowest BCUT2D eigenvalue weighted by molar-refractivity contribution is 0.0690. The standard InChI is InChI=1S/C15H17N3O2/c1-10-5-4-6-12(7-10)9-18(3)15-16-11(2)8-13(17-15)14(19)20/h4-8H,9H2,1-3H3,(H,19,20). The first kappa shape index (κ1) is 14.0. The van der Waals surface area contributed by atoms with Crippen molar-refractivity contribution in [2.45, 2.75) is 20.4 Å². The quantitative estimate of drug-likeness (QED) is 0.925. The van der Waals surface area contributed by atoms with Crippen LogP contribution in [0.3, 0.4) is 0 Å². The van der Waals surface area contributed by atoms with Crippen LogP contribution in [0.5, 0.6) is 0 Å². The Morgan fingerprint density at radius 2 is 2.00 bits per heavy atom. The third kappa shape index (κ3) is 3.32. The van der Waals surface area contributed by atoms with Crippen LogP contribution in [0, 0.1) is 13.8 Å². The Balaban J connectivity index is 2.25. The molecule has 1 heterocycles. The van der Waals surface area contributed by atoms with Crippen molar-refractivity contribution in [1.82, 2.24) is 9.97 Å². The van der Waals surface area contributed by atoms with Crippen LogP contribution in [0.2, 0.25) is 0 Å². The number of carboxylic acid groups (broad SMARTS) is 1. The fourth-order valence-corrected chi connectivity index (χ4v) is 1.99. The number of hydrogen-bond donors (Lipinski definition) is 1. The number of benzene rings is 1. The Labute approximate surface area is 117 Å². The van der Waals surface area contributed by atoms with Crippen LogP contribution in [-0.4, -0.2) is 28.1 Å². The molecule has 0 aliphatic carbocycles. The Morgan fingerprint density at radius 3 is 2.65 bits per heavy atom. The second-order valence-electron chi connectivity index (χ2n) is 4.84. The highest BCUT2D eigenvalue weighted by Gasteiger charge is 2.12. The number of anilines is 1. The fraction of sp³-hybridized carbons (Fsp3) is 0.267. The molecule has 1 aromatic heterocycles. The van der Waals surface area contributed by atoms with Crippen molar-refractivity contribution in [3.05, 3.63) is 52.8 Å². The van der Waals surface area contributed by atoms with E-state index in [0.717, 1.165) is 5.56 Å². The van der Waals surface area contributed by atoms with Crippen LogP contribution >= 0.6 is 0 Å². The number of carboxylic acids is 1. The smallest absolute Gasteiger partial charge is 0.354 e. The van der Waals surface area contributed by atoms with E-state index >= 15 is 0 Å². The largest absolute Gasteiger partial charge is 0.477 e. The lowest BCUT2D eigenvalue weighted by Gasteiger charge is -2.18. The summed E-state index contributed by atoms with van der Waals surface area (Å²) in [6.07, 6.45) is 0. The molecular formula is C15H17N3O2. The van der Waals surface area contributed by atoms with Crippen molar-refractivity contribution < 1.29 is 9.90 Å². The molecule has 0 spiro atoms. The molecule has 0 fully saturated rings. The van der Waals surface area contributed by atoms with Crippen molar-refractivity contribution in [2.75, 3.05) is 11.9 Å². The van der Waals surface area contributed by atoms with Gasteiger partial charge in [-0.25, -0.2) is 14.8 Å². The number of nitrogens with zero attached hydrogens (tertiary/aromatic N) is 3. The number of aryl methyl sites for hydroxylation is 2. The molecule has 0 unspecified atom stereocenters. The second-order valence-corrected chi connectivity index (χ2v) is 4.84. The lowest BCUT2D eigenvalue weighted by Crippen LogP contribution is -2.20. The number of carbonyl (C=O) groups is 1. The highest BCUT2D eigenvalue weighted by molar-refractivity contribution is 5.85. The van der Waals surface area contributed by atoms with E-state index in [4.69, 9.17) is 5.11 Å². The number of aromatic carboxylic acids is 1. The minimum atomic E-state index is -1.04. The first-order valence-corrected chi connectivity index (χ1v) is 6.31. The van der Waals surface area contributed by atoms with Crippen LogP contribution in [0.4, 0.5) is 5.95 Å². The van der Waals surface area contributed by atoms with Gasteiger partial charge < -0.3 is 10.0 Å². The topological polar surface area (TPSA) is 66.3 Å². The molecule has 0 atom stereocenters. The van der Waals surface area contributed by atoms with Crippen LogP contribution in [0.25, 0.3) is 0 Å². The van der Waals surface area contributed by atoms with Crippen LogP contribution in [0.1, 0.15) is 27.3 Å². The van der Waals surface area contributed by atoms with Crippen molar-refractivity contribution in [2.24, 2.45) is 0 Å². The molecule has 0 bridgehead atoms. The lowest BCUT2D eigenvalue weighted by atomic mass is 10.1. The fourth-order valence-electron chi connectivity index (χ4n) is 1.99. The molecule has 1 aromatic carbocycles. The van der Waals surface area contributed by atoms with Crippen LogP contribution in [-0.2, 0) is 6.54 Å². The monoisotopic (exact) mass is 271 g/mol. The van der Waals surface area contributed by atoms with Crippen LogP contribution < -0.4 is 4.90 Å². The summed E-state index contributed by atoms with van der Waals surface area (Å²) in [5.74, 6) is -0.621. The first-order chi connectivity index (χ1) is 9.45. The van der Waals surface area contributed by atoms with E-state index in [-0.39, 0.29) is 5.69 Å². The summed E-state index contributed by atoms with van der Waals surface area (Å²) in [6.45, 7) is 4.43. The minimum Gasteiger partial charge on any atom is -0.477 e. The number of hydrogen-bond acceptors (Lipinski definition) is 4. The van der Waals surface area contributed by atoms with Gasteiger partial charge in [0.1, 0.15) is 0 Å². The molecular weight excluding hydrogens is 254 g/mol. The Kier molecular flexibility index (Phi) is 3.98. The van der Waals surface area contributed by atoms with E-state index in [0.29, 0.717) is 18.2 Å². The normalized spacial score (nSPS) is 10.3. The van der Waals surface area contributed by atoms with E-state index in [1.165, 1.54) is 11.6 Å². The molecule has 0 aliphatic heterocycles. The summed E-state index contributed by atoms with van der Waals surface area (Å²) < 4.78 is 0. The van der Waals surface area contributed by atoms with Crippen molar-refractivity contribution in [3.63, 3.8) is 0 Å². The van der Waals surface area contributed by atoms with Gasteiger partial charge >= 0.3 is 5.97 Å². The second kappa shape index (κ2) is 5.69. The van der Waals surface area contributed by atoms with Crippen molar-refractivity contribution in [1.29, 1.82) is 0 Å². The maximum absolute atomic E-state index is 11.0. The third-order valence-corrected chi connectivity index (χ3v) is 2.91. The summed E-state index contributed by atoms with van der Waals surface area (Å²) in [5.41, 5.74) is 2.98. The Hall–Kier alpha value is -2.43. The summed E-state index contributed by atoms with van der Waals surface area (Å²) in [7, 11) is 1.85. The van der Waals surface area contributed by atoms with E-state index in [1.54, 1.807) is 6.92 Å². The number of aromatic nitrogens is 2. The van der Waals surface area contributed by atoms with Gasteiger partial charge in [-0.15, -0.1) is 0 Å².